The van der Waals surface area contributed by atoms with Gasteiger partial charge >= 0.3 is 0 Å². The van der Waals surface area contributed by atoms with Crippen LogP contribution in [0.5, 0.6) is 0 Å². The number of amides is 2. The minimum atomic E-state index is -0.716. The monoisotopic (exact) mass is 288 g/mol. The maximum Gasteiger partial charge on any atom is 0.225 e. The third kappa shape index (κ3) is 3.24. The van der Waals surface area contributed by atoms with Crippen LogP contribution in [0.4, 0.5) is 0 Å². The number of hydrogen-bond donors (Lipinski definition) is 2. The Bertz CT molecular complexity index is 528. The van der Waals surface area contributed by atoms with Gasteiger partial charge in [0.1, 0.15) is 0 Å². The molecule has 5 heteroatoms. The van der Waals surface area contributed by atoms with Gasteiger partial charge in [-0.2, -0.15) is 0 Å². The summed E-state index contributed by atoms with van der Waals surface area (Å²) in [5, 5.41) is 12.8. The van der Waals surface area contributed by atoms with Gasteiger partial charge in [0.2, 0.25) is 11.8 Å². The Kier molecular flexibility index (Phi) is 3.92. The molecule has 1 saturated heterocycles. The number of aliphatic hydroxyl groups excluding tert-OH is 1. The molecule has 5 nitrogen and oxygen atoms in total. The molecule has 1 saturated carbocycles. The van der Waals surface area contributed by atoms with Crippen LogP contribution in [0.15, 0.2) is 30.3 Å². The molecule has 2 atom stereocenters. The summed E-state index contributed by atoms with van der Waals surface area (Å²) in [6.07, 6.45) is 1.70. The molecular weight excluding hydrogens is 268 g/mol. The van der Waals surface area contributed by atoms with Crippen molar-refractivity contribution in [3.63, 3.8) is 0 Å². The van der Waals surface area contributed by atoms with Crippen molar-refractivity contribution in [2.75, 3.05) is 13.1 Å². The Balaban J connectivity index is 1.49. The Morgan fingerprint density at radius 3 is 2.71 bits per heavy atom. The third-order valence-corrected chi connectivity index (χ3v) is 4.17. The van der Waals surface area contributed by atoms with Gasteiger partial charge in [-0.1, -0.05) is 30.3 Å². The Labute approximate surface area is 123 Å². The lowest BCUT2D eigenvalue weighted by Crippen LogP contribution is -2.35. The van der Waals surface area contributed by atoms with E-state index in [0.717, 1.165) is 18.4 Å². The number of nitrogens with zero attached hydrogens (tertiary/aromatic N) is 1. The SMILES string of the molecule is O=C(NCC(O)c1ccccc1)C1CC(=O)N(C2CC2)C1. The lowest BCUT2D eigenvalue weighted by atomic mass is 10.1. The van der Waals surface area contributed by atoms with E-state index in [2.05, 4.69) is 5.32 Å². The van der Waals surface area contributed by atoms with E-state index in [1.807, 2.05) is 35.2 Å². The summed E-state index contributed by atoms with van der Waals surface area (Å²) in [6, 6.07) is 9.60. The van der Waals surface area contributed by atoms with Crippen LogP contribution >= 0.6 is 0 Å². The highest BCUT2D eigenvalue weighted by Gasteiger charge is 2.41. The number of likely N-dealkylation sites (tertiary alicyclic amines) is 1. The molecule has 0 radical (unpaired) electrons. The summed E-state index contributed by atoms with van der Waals surface area (Å²) in [5.41, 5.74) is 0.778. The number of aliphatic hydroxyl groups is 1. The van der Waals surface area contributed by atoms with Crippen molar-refractivity contribution < 1.29 is 14.7 Å². The molecule has 0 bridgehead atoms. The van der Waals surface area contributed by atoms with Crippen LogP contribution in [-0.4, -0.2) is 41.0 Å². The fourth-order valence-corrected chi connectivity index (χ4v) is 2.78. The molecule has 3 rings (SSSR count). The van der Waals surface area contributed by atoms with Gasteiger partial charge in [0.25, 0.3) is 0 Å². The smallest absolute Gasteiger partial charge is 0.225 e. The second-order valence-corrected chi connectivity index (χ2v) is 5.85. The summed E-state index contributed by atoms with van der Waals surface area (Å²) < 4.78 is 0. The molecule has 2 aliphatic rings. The van der Waals surface area contributed by atoms with Gasteiger partial charge in [0, 0.05) is 25.6 Å². The van der Waals surface area contributed by atoms with Crippen molar-refractivity contribution in [2.45, 2.75) is 31.4 Å². The van der Waals surface area contributed by atoms with E-state index in [1.54, 1.807) is 0 Å². The van der Waals surface area contributed by atoms with E-state index in [0.29, 0.717) is 19.0 Å². The normalized spacial score (nSPS) is 23.2. The number of hydrogen-bond acceptors (Lipinski definition) is 3. The summed E-state index contributed by atoms with van der Waals surface area (Å²) in [5.74, 6) is -0.330. The molecule has 2 amide bonds. The molecule has 1 heterocycles. The predicted octanol–water partition coefficient (Wildman–Crippen LogP) is 0.847. The Morgan fingerprint density at radius 2 is 2.05 bits per heavy atom. The minimum Gasteiger partial charge on any atom is -0.387 e. The van der Waals surface area contributed by atoms with Crippen LogP contribution in [0, 0.1) is 5.92 Å². The molecule has 0 spiro atoms. The predicted molar refractivity (Wildman–Crippen MR) is 77.3 cm³/mol. The van der Waals surface area contributed by atoms with Crippen molar-refractivity contribution in [1.29, 1.82) is 0 Å². The molecular formula is C16H20N2O3. The van der Waals surface area contributed by atoms with E-state index in [4.69, 9.17) is 0 Å². The average Bonchev–Trinajstić information content (AvgIpc) is 3.28. The zero-order valence-corrected chi connectivity index (χ0v) is 11.9. The fraction of sp³-hybridized carbons (Fsp3) is 0.500. The first-order valence-corrected chi connectivity index (χ1v) is 7.45. The van der Waals surface area contributed by atoms with Crippen LogP contribution in [0.2, 0.25) is 0 Å². The molecule has 21 heavy (non-hydrogen) atoms. The van der Waals surface area contributed by atoms with Gasteiger partial charge in [-0.3, -0.25) is 9.59 Å². The van der Waals surface area contributed by atoms with Gasteiger partial charge in [-0.05, 0) is 18.4 Å². The quantitative estimate of drug-likeness (QED) is 0.844. The molecule has 2 fully saturated rings. The van der Waals surface area contributed by atoms with Crippen molar-refractivity contribution in [2.24, 2.45) is 5.92 Å². The first-order chi connectivity index (χ1) is 10.1. The molecule has 2 N–H and O–H groups in total. The van der Waals surface area contributed by atoms with Crippen LogP contribution < -0.4 is 5.32 Å². The fourth-order valence-electron chi connectivity index (χ4n) is 2.78. The van der Waals surface area contributed by atoms with Crippen molar-refractivity contribution in [1.82, 2.24) is 10.2 Å². The van der Waals surface area contributed by atoms with Crippen molar-refractivity contribution in [3.05, 3.63) is 35.9 Å². The van der Waals surface area contributed by atoms with Gasteiger partial charge in [-0.15, -0.1) is 0 Å². The summed E-state index contributed by atoms with van der Waals surface area (Å²) in [6.45, 7) is 0.702. The molecule has 1 aliphatic heterocycles. The highest BCUT2D eigenvalue weighted by atomic mass is 16.3. The second-order valence-electron chi connectivity index (χ2n) is 5.85. The molecule has 2 unspecified atom stereocenters. The Hall–Kier alpha value is -1.88. The Morgan fingerprint density at radius 1 is 1.33 bits per heavy atom. The van der Waals surface area contributed by atoms with E-state index in [-0.39, 0.29) is 24.3 Å². The number of rotatable bonds is 5. The third-order valence-electron chi connectivity index (χ3n) is 4.17. The van der Waals surface area contributed by atoms with E-state index in [9.17, 15) is 14.7 Å². The van der Waals surface area contributed by atoms with Gasteiger partial charge < -0.3 is 15.3 Å². The van der Waals surface area contributed by atoms with E-state index in [1.165, 1.54) is 0 Å². The zero-order chi connectivity index (χ0) is 14.8. The zero-order valence-electron chi connectivity index (χ0n) is 11.9. The van der Waals surface area contributed by atoms with Gasteiger partial charge in [0.15, 0.2) is 0 Å². The van der Waals surface area contributed by atoms with E-state index >= 15 is 0 Å². The van der Waals surface area contributed by atoms with Crippen LogP contribution in [0.1, 0.15) is 30.9 Å². The first-order valence-electron chi connectivity index (χ1n) is 7.45. The van der Waals surface area contributed by atoms with Gasteiger partial charge in [-0.25, -0.2) is 0 Å². The van der Waals surface area contributed by atoms with Gasteiger partial charge in [0.05, 0.1) is 12.0 Å². The first kappa shape index (κ1) is 14.1. The molecule has 0 aromatic heterocycles. The summed E-state index contributed by atoms with van der Waals surface area (Å²) in [7, 11) is 0. The second kappa shape index (κ2) is 5.85. The van der Waals surface area contributed by atoms with Crippen LogP contribution in [0.3, 0.4) is 0 Å². The lowest BCUT2D eigenvalue weighted by molar-refractivity contribution is -0.129. The number of carbonyl (C=O) groups is 2. The molecule has 112 valence electrons. The van der Waals surface area contributed by atoms with Crippen LogP contribution in [0.25, 0.3) is 0 Å². The standard InChI is InChI=1S/C16H20N2O3/c19-14(11-4-2-1-3-5-11)9-17-16(21)12-8-15(20)18(10-12)13-6-7-13/h1-5,12-14,19H,6-10H2,(H,17,21). The highest BCUT2D eigenvalue weighted by molar-refractivity contribution is 5.89. The maximum absolute atomic E-state index is 12.1. The van der Waals surface area contributed by atoms with E-state index < -0.39 is 6.10 Å². The topological polar surface area (TPSA) is 69.6 Å². The number of nitrogens with one attached hydrogen (secondary N) is 1. The molecule has 1 aromatic carbocycles. The largest absolute Gasteiger partial charge is 0.387 e. The van der Waals surface area contributed by atoms with Crippen molar-refractivity contribution >= 4 is 11.8 Å². The minimum absolute atomic E-state index is 0.0845. The average molecular weight is 288 g/mol. The maximum atomic E-state index is 12.1. The molecule has 1 aromatic rings. The highest BCUT2D eigenvalue weighted by Crippen LogP contribution is 2.32. The number of carbonyl (C=O) groups excluding carboxylic acids is 2. The van der Waals surface area contributed by atoms with Crippen LogP contribution in [-0.2, 0) is 9.59 Å². The summed E-state index contributed by atoms with van der Waals surface area (Å²) in [4.78, 5) is 25.8. The lowest BCUT2D eigenvalue weighted by Gasteiger charge is -2.16. The van der Waals surface area contributed by atoms with Crippen molar-refractivity contribution in [3.8, 4) is 0 Å². The number of benzene rings is 1. The molecule has 1 aliphatic carbocycles. The summed E-state index contributed by atoms with van der Waals surface area (Å²) >= 11 is 0.